The third-order valence-corrected chi connectivity index (χ3v) is 5.87. The minimum Gasteiger partial charge on any atom is -0.389 e. The smallest absolute Gasteiger partial charge is 0.243 e. The van der Waals surface area contributed by atoms with E-state index in [9.17, 15) is 12.8 Å². The van der Waals surface area contributed by atoms with E-state index in [0.717, 1.165) is 25.3 Å². The van der Waals surface area contributed by atoms with Crippen LogP contribution in [-0.4, -0.2) is 30.8 Å². The van der Waals surface area contributed by atoms with E-state index < -0.39 is 15.8 Å². The minimum atomic E-state index is -3.61. The highest BCUT2D eigenvalue weighted by molar-refractivity contribution is 7.89. The van der Waals surface area contributed by atoms with Crippen molar-refractivity contribution < 1.29 is 12.8 Å². The lowest BCUT2D eigenvalue weighted by Crippen LogP contribution is -2.29. The zero-order valence-electron chi connectivity index (χ0n) is 11.9. The van der Waals surface area contributed by atoms with Crippen molar-refractivity contribution in [2.24, 2.45) is 11.7 Å². The molecule has 1 unspecified atom stereocenters. The number of rotatable bonds is 5. The molecule has 0 aliphatic carbocycles. The molecule has 1 aromatic rings. The standard InChI is InChI=1S/C14H19FN2O2S2/c1-2-3-10-6-7-17(9-10)21(18,19)11-4-5-13(15)12(8-11)14(16)20/h4-5,8,10H,2-3,6-7,9H2,1H3,(H2,16,20). The molecule has 0 aromatic heterocycles. The first-order valence-electron chi connectivity index (χ1n) is 6.95. The third-order valence-electron chi connectivity index (χ3n) is 3.79. The summed E-state index contributed by atoms with van der Waals surface area (Å²) in [6.07, 6.45) is 2.94. The molecule has 1 aromatic carbocycles. The van der Waals surface area contributed by atoms with Gasteiger partial charge in [-0.25, -0.2) is 12.8 Å². The van der Waals surface area contributed by atoms with Gasteiger partial charge in [-0.05, 0) is 37.0 Å². The van der Waals surface area contributed by atoms with Gasteiger partial charge in [0.2, 0.25) is 10.0 Å². The van der Waals surface area contributed by atoms with Gasteiger partial charge in [0, 0.05) is 18.7 Å². The van der Waals surface area contributed by atoms with Gasteiger partial charge in [-0.1, -0.05) is 25.6 Å². The Balaban J connectivity index is 2.28. The SMILES string of the molecule is CCCC1CCN(S(=O)(=O)c2ccc(F)c(C(N)=S)c2)C1. The molecule has 0 saturated carbocycles. The molecule has 1 heterocycles. The van der Waals surface area contributed by atoms with Gasteiger partial charge in [-0.2, -0.15) is 4.31 Å². The summed E-state index contributed by atoms with van der Waals surface area (Å²) in [6, 6.07) is 3.58. The first kappa shape index (κ1) is 16.3. The molecule has 116 valence electrons. The largest absolute Gasteiger partial charge is 0.389 e. The van der Waals surface area contributed by atoms with Gasteiger partial charge in [0.1, 0.15) is 10.8 Å². The van der Waals surface area contributed by atoms with Crippen LogP contribution in [0.4, 0.5) is 4.39 Å². The molecule has 0 bridgehead atoms. The molecule has 0 spiro atoms. The third kappa shape index (κ3) is 3.41. The molecule has 1 aliphatic heterocycles. The fourth-order valence-corrected chi connectivity index (χ4v) is 4.38. The van der Waals surface area contributed by atoms with Crippen LogP contribution in [0.5, 0.6) is 0 Å². The summed E-state index contributed by atoms with van der Waals surface area (Å²) in [5, 5.41) is 0. The normalized spacial score (nSPS) is 19.8. The topological polar surface area (TPSA) is 63.4 Å². The summed E-state index contributed by atoms with van der Waals surface area (Å²) in [4.78, 5) is -0.0984. The monoisotopic (exact) mass is 330 g/mol. The highest BCUT2D eigenvalue weighted by atomic mass is 32.2. The molecule has 1 fully saturated rings. The zero-order chi connectivity index (χ0) is 15.6. The number of benzene rings is 1. The Labute approximate surface area is 130 Å². The van der Waals surface area contributed by atoms with Crippen molar-refractivity contribution in [2.75, 3.05) is 13.1 Å². The van der Waals surface area contributed by atoms with E-state index in [-0.39, 0.29) is 15.4 Å². The maximum absolute atomic E-state index is 13.6. The van der Waals surface area contributed by atoms with Crippen LogP contribution in [-0.2, 0) is 10.0 Å². The summed E-state index contributed by atoms with van der Waals surface area (Å²) in [5.41, 5.74) is 5.39. The maximum atomic E-state index is 13.6. The van der Waals surface area contributed by atoms with Crippen LogP contribution < -0.4 is 5.73 Å². The minimum absolute atomic E-state index is 0.0321. The Kier molecular flexibility index (Phi) is 4.95. The average Bonchev–Trinajstić information content (AvgIpc) is 2.88. The van der Waals surface area contributed by atoms with Gasteiger partial charge in [0.05, 0.1) is 4.90 Å². The average molecular weight is 330 g/mol. The van der Waals surface area contributed by atoms with Crippen molar-refractivity contribution in [3.8, 4) is 0 Å². The van der Waals surface area contributed by atoms with Gasteiger partial charge < -0.3 is 5.73 Å². The maximum Gasteiger partial charge on any atom is 0.243 e. The molecule has 7 heteroatoms. The van der Waals surface area contributed by atoms with Crippen molar-refractivity contribution in [3.63, 3.8) is 0 Å². The fourth-order valence-electron chi connectivity index (χ4n) is 2.66. The molecule has 1 saturated heterocycles. The lowest BCUT2D eigenvalue weighted by molar-refractivity contribution is 0.444. The summed E-state index contributed by atoms with van der Waals surface area (Å²) in [5.74, 6) is -0.202. The van der Waals surface area contributed by atoms with Crippen molar-refractivity contribution in [2.45, 2.75) is 31.1 Å². The quantitative estimate of drug-likeness (QED) is 0.841. The number of sulfonamides is 1. The number of thiocarbonyl (C=S) groups is 1. The highest BCUT2D eigenvalue weighted by Gasteiger charge is 2.32. The predicted octanol–water partition coefficient (Wildman–Crippen LogP) is 2.27. The number of halogens is 1. The van der Waals surface area contributed by atoms with Gasteiger partial charge in [-0.3, -0.25) is 0 Å². The lowest BCUT2D eigenvalue weighted by Gasteiger charge is -2.17. The van der Waals surface area contributed by atoms with Crippen molar-refractivity contribution in [1.29, 1.82) is 0 Å². The first-order chi connectivity index (χ1) is 9.86. The molecule has 21 heavy (non-hydrogen) atoms. The van der Waals surface area contributed by atoms with Gasteiger partial charge in [0.15, 0.2) is 0 Å². The second-order valence-electron chi connectivity index (χ2n) is 5.31. The van der Waals surface area contributed by atoms with Gasteiger partial charge in [0.25, 0.3) is 0 Å². The highest BCUT2D eigenvalue weighted by Crippen LogP contribution is 2.27. The van der Waals surface area contributed by atoms with Crippen molar-refractivity contribution in [1.82, 2.24) is 4.31 Å². The second-order valence-corrected chi connectivity index (χ2v) is 7.69. The molecule has 2 rings (SSSR count). The summed E-state index contributed by atoms with van der Waals surface area (Å²) in [6.45, 7) is 3.12. The van der Waals surface area contributed by atoms with Crippen LogP contribution >= 0.6 is 12.2 Å². The number of hydrogen-bond acceptors (Lipinski definition) is 3. The Morgan fingerprint density at radius 2 is 2.24 bits per heavy atom. The number of nitrogens with two attached hydrogens (primary N) is 1. The number of hydrogen-bond donors (Lipinski definition) is 1. The predicted molar refractivity (Wildman–Crippen MR) is 84.1 cm³/mol. The Bertz CT molecular complexity index is 646. The molecule has 2 N–H and O–H groups in total. The van der Waals surface area contributed by atoms with Crippen LogP contribution in [0.25, 0.3) is 0 Å². The van der Waals surface area contributed by atoms with E-state index >= 15 is 0 Å². The second kappa shape index (κ2) is 6.37. The molecule has 4 nitrogen and oxygen atoms in total. The van der Waals surface area contributed by atoms with Crippen LogP contribution in [0.3, 0.4) is 0 Å². The van der Waals surface area contributed by atoms with Crippen LogP contribution in [0.15, 0.2) is 23.1 Å². The van der Waals surface area contributed by atoms with E-state index in [1.54, 1.807) is 0 Å². The van der Waals surface area contributed by atoms with E-state index in [2.05, 4.69) is 6.92 Å². The van der Waals surface area contributed by atoms with Crippen molar-refractivity contribution in [3.05, 3.63) is 29.6 Å². The van der Waals surface area contributed by atoms with E-state index in [4.69, 9.17) is 18.0 Å². The molecule has 1 atom stereocenters. The van der Waals surface area contributed by atoms with E-state index in [0.29, 0.717) is 19.0 Å². The summed E-state index contributed by atoms with van der Waals surface area (Å²) >= 11 is 4.75. The van der Waals surface area contributed by atoms with E-state index in [1.807, 2.05) is 0 Å². The Hall–Kier alpha value is -1.05. The number of nitrogens with zero attached hydrogens (tertiary/aromatic N) is 1. The molecule has 0 radical (unpaired) electrons. The zero-order valence-corrected chi connectivity index (χ0v) is 13.5. The first-order valence-corrected chi connectivity index (χ1v) is 8.80. The van der Waals surface area contributed by atoms with Crippen LogP contribution in [0.1, 0.15) is 31.7 Å². The molecule has 0 amide bonds. The molecular weight excluding hydrogens is 311 g/mol. The summed E-state index contributed by atoms with van der Waals surface area (Å²) in [7, 11) is -3.61. The van der Waals surface area contributed by atoms with E-state index in [1.165, 1.54) is 16.4 Å². The summed E-state index contributed by atoms with van der Waals surface area (Å²) < 4.78 is 40.2. The van der Waals surface area contributed by atoms with Crippen molar-refractivity contribution >= 4 is 27.2 Å². The fraction of sp³-hybridized carbons (Fsp3) is 0.500. The Morgan fingerprint density at radius 1 is 1.52 bits per heavy atom. The molecule has 1 aliphatic rings. The van der Waals surface area contributed by atoms with Gasteiger partial charge >= 0.3 is 0 Å². The Morgan fingerprint density at radius 3 is 2.86 bits per heavy atom. The lowest BCUT2D eigenvalue weighted by atomic mass is 10.0. The van der Waals surface area contributed by atoms with Crippen LogP contribution in [0, 0.1) is 11.7 Å². The van der Waals surface area contributed by atoms with Crippen LogP contribution in [0.2, 0.25) is 0 Å². The molecular formula is C14H19FN2O2S2. The van der Waals surface area contributed by atoms with Gasteiger partial charge in [-0.15, -0.1) is 0 Å².